The van der Waals surface area contributed by atoms with Crippen molar-refractivity contribution < 1.29 is 9.53 Å². The minimum absolute atomic E-state index is 0.452. The zero-order valence-electron chi connectivity index (χ0n) is 20.0. The second-order valence-corrected chi connectivity index (χ2v) is 8.62. The van der Waals surface area contributed by atoms with Gasteiger partial charge in [0.2, 0.25) is 5.88 Å². The molecule has 7 heteroatoms. The number of aromatic nitrogens is 2. The molecule has 7 nitrogen and oxygen atoms in total. The molecule has 3 aromatic rings. The van der Waals surface area contributed by atoms with Crippen molar-refractivity contribution in [1.29, 1.82) is 0 Å². The van der Waals surface area contributed by atoms with Gasteiger partial charge in [-0.2, -0.15) is 5.10 Å². The van der Waals surface area contributed by atoms with E-state index < -0.39 is 0 Å². The van der Waals surface area contributed by atoms with Crippen LogP contribution >= 0.6 is 0 Å². The van der Waals surface area contributed by atoms with Crippen LogP contribution in [0.15, 0.2) is 71.7 Å². The van der Waals surface area contributed by atoms with Crippen LogP contribution in [0, 0.1) is 0 Å². The number of hydrogen-bond donors (Lipinski definition) is 2. The molecule has 0 saturated carbocycles. The molecule has 1 atom stereocenters. The van der Waals surface area contributed by atoms with E-state index in [4.69, 9.17) is 10.5 Å². The summed E-state index contributed by atoms with van der Waals surface area (Å²) in [6.45, 7) is 3.47. The zero-order valence-corrected chi connectivity index (χ0v) is 20.0. The van der Waals surface area contributed by atoms with Crippen molar-refractivity contribution in [2.24, 2.45) is 10.7 Å². The quantitative estimate of drug-likeness (QED) is 0.412. The predicted octanol–water partition coefficient (Wildman–Crippen LogP) is 4.34. The van der Waals surface area contributed by atoms with Crippen molar-refractivity contribution in [3.8, 4) is 17.0 Å². The number of nitrogens with one attached hydrogen (secondary N) is 1. The van der Waals surface area contributed by atoms with Gasteiger partial charge >= 0.3 is 0 Å². The Bertz CT molecular complexity index is 1130. The molecule has 5 rings (SSSR count). The predicted molar refractivity (Wildman–Crippen MR) is 141 cm³/mol. The number of piperidine rings is 1. The van der Waals surface area contributed by atoms with Crippen molar-refractivity contribution >= 4 is 18.2 Å². The Hall–Kier alpha value is -3.71. The maximum Gasteiger partial charge on any atom is 0.220 e. The summed E-state index contributed by atoms with van der Waals surface area (Å²) in [5.41, 5.74) is 10.00. The smallest absolute Gasteiger partial charge is 0.220 e. The van der Waals surface area contributed by atoms with Crippen LogP contribution < -0.4 is 15.8 Å². The van der Waals surface area contributed by atoms with Crippen LogP contribution in [-0.2, 0) is 6.54 Å². The molecule has 0 amide bonds. The van der Waals surface area contributed by atoms with Crippen LogP contribution in [0.4, 0.5) is 0 Å². The topological polar surface area (TPSA) is 94.5 Å². The van der Waals surface area contributed by atoms with Gasteiger partial charge in [-0.3, -0.25) is 9.79 Å². The minimum Gasteiger partial charge on any atom is -0.477 e. The Morgan fingerprint density at radius 2 is 1.89 bits per heavy atom. The van der Waals surface area contributed by atoms with Crippen molar-refractivity contribution in [3.63, 3.8) is 0 Å². The number of aliphatic imine (C=N–C) groups is 1. The molecule has 0 aliphatic carbocycles. The summed E-state index contributed by atoms with van der Waals surface area (Å²) in [5.74, 6) is 0.713. The first-order valence-electron chi connectivity index (χ1n) is 12.2. The number of nitrogens with zero attached hydrogens (tertiary/aromatic N) is 3. The summed E-state index contributed by atoms with van der Waals surface area (Å²) in [5, 5.41) is 7.74. The second-order valence-electron chi connectivity index (χ2n) is 8.62. The average Bonchev–Trinajstić information content (AvgIpc) is 3.32. The van der Waals surface area contributed by atoms with E-state index in [1.807, 2.05) is 73.0 Å². The molecule has 1 fully saturated rings. The number of rotatable bonds is 6. The van der Waals surface area contributed by atoms with Gasteiger partial charge in [0.05, 0.1) is 18.7 Å². The third kappa shape index (κ3) is 6.67. The van der Waals surface area contributed by atoms with E-state index in [2.05, 4.69) is 15.4 Å². The number of aldehydes is 1. The number of nitrogens with two attached hydrogens (primary N) is 1. The van der Waals surface area contributed by atoms with E-state index in [-0.39, 0.29) is 0 Å². The van der Waals surface area contributed by atoms with Crippen LogP contribution in [0.3, 0.4) is 0 Å². The number of allylic oxidation sites excluding steroid dienone is 1. The summed E-state index contributed by atoms with van der Waals surface area (Å²) in [6, 6.07) is 20.3. The maximum absolute atomic E-state index is 11.1. The number of carbonyl (C=O) groups excluding carboxylic acids is 1. The van der Waals surface area contributed by atoms with Gasteiger partial charge in [0.15, 0.2) is 6.29 Å². The standard InChI is InChI=1S/C15H21N3.C13H12N2O2/c16-15(13-6-2-1-3-7-13)9-11-17-12-14-8-4-5-10-18-14;16-9-11-12(10-5-2-1-3-6-10)13-15(14-11)7-4-8-17-13/h1-3,6-7,9,11,14,18H,4-5,8,10,12,16H2;1-3,5-6,9H,4,7-8H2/b15-9-,17-11?;/t14-;/m0./s1. The third-order valence-corrected chi connectivity index (χ3v) is 6.06. The van der Waals surface area contributed by atoms with Crippen LogP contribution in [-0.4, -0.2) is 48.0 Å². The van der Waals surface area contributed by atoms with Gasteiger partial charge in [-0.25, -0.2) is 4.68 Å². The van der Waals surface area contributed by atoms with E-state index in [0.717, 1.165) is 54.7 Å². The first-order valence-corrected chi connectivity index (χ1v) is 12.2. The summed E-state index contributed by atoms with van der Waals surface area (Å²) >= 11 is 0. The normalized spacial score (nSPS) is 17.7. The van der Waals surface area contributed by atoms with Gasteiger partial charge in [-0.1, -0.05) is 67.1 Å². The van der Waals surface area contributed by atoms with Crippen molar-refractivity contribution in [2.75, 3.05) is 19.7 Å². The lowest BCUT2D eigenvalue weighted by Gasteiger charge is -2.21. The molecule has 2 aliphatic heterocycles. The highest BCUT2D eigenvalue weighted by Gasteiger charge is 2.22. The molecule has 182 valence electrons. The lowest BCUT2D eigenvalue weighted by atomic mass is 10.1. The van der Waals surface area contributed by atoms with Crippen molar-refractivity contribution in [2.45, 2.75) is 38.3 Å². The highest BCUT2D eigenvalue weighted by molar-refractivity contribution is 5.88. The number of fused-ring (bicyclic) bond motifs is 1. The number of aryl methyl sites for hydroxylation is 1. The maximum atomic E-state index is 11.1. The van der Waals surface area contributed by atoms with E-state index in [1.54, 1.807) is 4.68 Å². The van der Waals surface area contributed by atoms with Crippen molar-refractivity contribution in [3.05, 3.63) is 78.0 Å². The Morgan fingerprint density at radius 1 is 1.11 bits per heavy atom. The first-order chi connectivity index (χ1) is 17.3. The molecular formula is C28H33N5O2. The third-order valence-electron chi connectivity index (χ3n) is 6.06. The van der Waals surface area contributed by atoms with Crippen LogP contribution in [0.1, 0.15) is 41.7 Å². The van der Waals surface area contributed by atoms with Crippen molar-refractivity contribution in [1.82, 2.24) is 15.1 Å². The molecular weight excluding hydrogens is 438 g/mol. The largest absolute Gasteiger partial charge is 0.477 e. The zero-order chi connectivity index (χ0) is 24.3. The molecule has 3 heterocycles. The van der Waals surface area contributed by atoms with Crippen LogP contribution in [0.5, 0.6) is 5.88 Å². The summed E-state index contributed by atoms with van der Waals surface area (Å²) in [4.78, 5) is 15.5. The Balaban J connectivity index is 0.000000165. The molecule has 3 N–H and O–H groups in total. The lowest BCUT2D eigenvalue weighted by molar-refractivity contribution is 0.111. The Morgan fingerprint density at radius 3 is 2.60 bits per heavy atom. The molecule has 35 heavy (non-hydrogen) atoms. The van der Waals surface area contributed by atoms with Gasteiger partial charge in [-0.05, 0) is 36.6 Å². The lowest BCUT2D eigenvalue weighted by Crippen LogP contribution is -2.36. The van der Waals surface area contributed by atoms with Gasteiger partial charge in [0, 0.05) is 30.9 Å². The van der Waals surface area contributed by atoms with E-state index in [9.17, 15) is 4.79 Å². The SMILES string of the molecule is N/C(=C\C=NC[C@@H]1CCCCN1)c1ccccc1.O=Cc1nn2c(c1-c1ccccc1)OCCC2. The van der Waals surface area contributed by atoms with E-state index in [0.29, 0.717) is 24.2 Å². The van der Waals surface area contributed by atoms with Crippen LogP contribution in [0.25, 0.3) is 16.8 Å². The highest BCUT2D eigenvalue weighted by Crippen LogP contribution is 2.34. The highest BCUT2D eigenvalue weighted by atomic mass is 16.5. The summed E-state index contributed by atoms with van der Waals surface area (Å²) in [7, 11) is 0. The fourth-order valence-electron chi connectivity index (χ4n) is 4.23. The molecule has 2 aliphatic rings. The molecule has 0 spiro atoms. The molecule has 0 bridgehead atoms. The number of benzene rings is 2. The number of hydrogen-bond acceptors (Lipinski definition) is 6. The fourth-order valence-corrected chi connectivity index (χ4v) is 4.23. The van der Waals surface area contributed by atoms with E-state index >= 15 is 0 Å². The summed E-state index contributed by atoms with van der Waals surface area (Å²) < 4.78 is 7.41. The Labute approximate surface area is 206 Å². The first kappa shape index (κ1) is 24.4. The number of ether oxygens (including phenoxy) is 1. The van der Waals surface area contributed by atoms with Gasteiger partial charge < -0.3 is 15.8 Å². The average molecular weight is 472 g/mol. The van der Waals surface area contributed by atoms with Crippen LogP contribution in [0.2, 0.25) is 0 Å². The minimum atomic E-state index is 0.452. The Kier molecular flexibility index (Phi) is 8.84. The van der Waals surface area contributed by atoms with E-state index in [1.165, 1.54) is 19.3 Å². The molecule has 0 radical (unpaired) electrons. The fraction of sp³-hybridized carbons (Fsp3) is 0.321. The molecule has 2 aromatic carbocycles. The molecule has 1 saturated heterocycles. The van der Waals surface area contributed by atoms with Gasteiger partial charge in [0.25, 0.3) is 0 Å². The molecule has 1 aromatic heterocycles. The monoisotopic (exact) mass is 471 g/mol. The van der Waals surface area contributed by atoms with Gasteiger partial charge in [-0.15, -0.1) is 0 Å². The second kappa shape index (κ2) is 12.7. The number of carbonyl (C=O) groups is 1. The van der Waals surface area contributed by atoms with Gasteiger partial charge in [0.1, 0.15) is 5.69 Å². The molecule has 0 unspecified atom stereocenters. The summed E-state index contributed by atoms with van der Waals surface area (Å²) in [6.07, 6.45) is 9.25.